The van der Waals surface area contributed by atoms with Gasteiger partial charge in [-0.2, -0.15) is 0 Å². The van der Waals surface area contributed by atoms with Crippen LogP contribution in [0, 0.1) is 12.7 Å². The molecule has 0 spiro atoms. The van der Waals surface area contributed by atoms with E-state index in [2.05, 4.69) is 4.98 Å². The maximum atomic E-state index is 13.4. The number of carbonyl (C=O) groups excluding carboxylic acids is 1. The quantitative estimate of drug-likeness (QED) is 0.724. The molecule has 3 rings (SSSR count). The Hall–Kier alpha value is -3.12. The van der Waals surface area contributed by atoms with Crippen LogP contribution in [0.1, 0.15) is 15.9 Å². The number of nitrogens with two attached hydrogens (primary N) is 1. The first-order valence-corrected chi connectivity index (χ1v) is 8.00. The number of benzene rings is 2. The number of hydrogen-bond acceptors (Lipinski definition) is 3. The molecule has 0 bridgehead atoms. The van der Waals surface area contributed by atoms with Gasteiger partial charge in [0.25, 0.3) is 5.91 Å². The topological polar surface area (TPSA) is 85.2 Å². The summed E-state index contributed by atoms with van der Waals surface area (Å²) < 4.78 is 19.3. The molecule has 5 nitrogen and oxygen atoms in total. The number of pyridine rings is 1. The summed E-state index contributed by atoms with van der Waals surface area (Å²) in [7, 11) is 0. The van der Waals surface area contributed by atoms with Crippen LogP contribution in [0.4, 0.5) is 4.39 Å². The third kappa shape index (κ3) is 3.45. The second-order valence-corrected chi connectivity index (χ2v) is 6.02. The van der Waals surface area contributed by atoms with Gasteiger partial charge in [-0.25, -0.2) is 4.39 Å². The van der Waals surface area contributed by atoms with Crippen molar-refractivity contribution in [3.05, 3.63) is 81.0 Å². The number of aromatic amines is 1. The number of ether oxygens (including phenoxy) is 1. The zero-order valence-electron chi connectivity index (χ0n) is 13.7. The van der Waals surface area contributed by atoms with Crippen LogP contribution in [0.25, 0.3) is 11.1 Å². The summed E-state index contributed by atoms with van der Waals surface area (Å²) in [4.78, 5) is 26.1. The number of aromatic nitrogens is 1. The summed E-state index contributed by atoms with van der Waals surface area (Å²) >= 11 is 6.32. The third-order valence-electron chi connectivity index (χ3n) is 3.79. The van der Waals surface area contributed by atoms with Crippen molar-refractivity contribution >= 4 is 17.5 Å². The largest absolute Gasteiger partial charge is 0.456 e. The Morgan fingerprint density at radius 3 is 2.62 bits per heavy atom. The van der Waals surface area contributed by atoms with Crippen molar-refractivity contribution in [3.63, 3.8) is 0 Å². The molecule has 0 unspecified atom stereocenters. The van der Waals surface area contributed by atoms with Gasteiger partial charge in [-0.05, 0) is 54.4 Å². The zero-order valence-corrected chi connectivity index (χ0v) is 14.4. The summed E-state index contributed by atoms with van der Waals surface area (Å²) in [5.74, 6) is -0.694. The van der Waals surface area contributed by atoms with Crippen LogP contribution in [0.5, 0.6) is 11.5 Å². The highest BCUT2D eigenvalue weighted by Gasteiger charge is 2.20. The van der Waals surface area contributed by atoms with Crippen molar-refractivity contribution in [2.24, 2.45) is 5.73 Å². The zero-order chi connectivity index (χ0) is 18.8. The van der Waals surface area contributed by atoms with E-state index in [0.29, 0.717) is 22.4 Å². The lowest BCUT2D eigenvalue weighted by atomic mass is 10.0. The standard InChI is InChI=1S/C19H14ClFN2O3/c1-10-8-12(21)2-5-15(10)26-18-13(19(22)25)3-4-14(20)17(18)11-6-7-23-16(24)9-11/h2-9H,1H3,(H2,22,25)(H,23,24). The lowest BCUT2D eigenvalue weighted by molar-refractivity contribution is 0.0998. The molecule has 0 saturated heterocycles. The molecule has 1 aromatic heterocycles. The summed E-state index contributed by atoms with van der Waals surface area (Å²) in [6.07, 6.45) is 1.46. The van der Waals surface area contributed by atoms with Gasteiger partial charge in [0.2, 0.25) is 5.56 Å². The number of amides is 1. The van der Waals surface area contributed by atoms with Gasteiger partial charge in [-0.1, -0.05) is 11.6 Å². The molecule has 3 N–H and O–H groups in total. The Labute approximate surface area is 153 Å². The minimum absolute atomic E-state index is 0.0911. The molecule has 3 aromatic rings. The van der Waals surface area contributed by atoms with Crippen molar-refractivity contribution in [3.8, 4) is 22.6 Å². The van der Waals surface area contributed by atoms with E-state index in [-0.39, 0.29) is 21.9 Å². The van der Waals surface area contributed by atoms with E-state index in [1.807, 2.05) is 0 Å². The maximum Gasteiger partial charge on any atom is 0.252 e. The number of nitrogens with one attached hydrogen (secondary N) is 1. The highest BCUT2D eigenvalue weighted by atomic mass is 35.5. The molecule has 2 aromatic carbocycles. The molecule has 0 saturated carbocycles. The fourth-order valence-corrected chi connectivity index (χ4v) is 2.82. The molecule has 132 valence electrons. The normalized spacial score (nSPS) is 10.6. The van der Waals surface area contributed by atoms with Gasteiger partial charge in [-0.3, -0.25) is 9.59 Å². The number of carbonyl (C=O) groups is 1. The molecule has 0 aliphatic rings. The number of aryl methyl sites for hydroxylation is 1. The second kappa shape index (κ2) is 7.01. The minimum Gasteiger partial charge on any atom is -0.456 e. The van der Waals surface area contributed by atoms with E-state index in [0.717, 1.165) is 0 Å². The Bertz CT molecular complexity index is 1060. The van der Waals surface area contributed by atoms with Gasteiger partial charge in [-0.15, -0.1) is 0 Å². The first kappa shape index (κ1) is 17.7. The van der Waals surface area contributed by atoms with Crippen LogP contribution >= 0.6 is 11.6 Å². The first-order valence-electron chi connectivity index (χ1n) is 7.62. The lowest BCUT2D eigenvalue weighted by Gasteiger charge is -2.17. The highest BCUT2D eigenvalue weighted by Crippen LogP contribution is 2.41. The summed E-state index contributed by atoms with van der Waals surface area (Å²) in [6.45, 7) is 1.67. The van der Waals surface area contributed by atoms with Crippen LogP contribution in [0.15, 0.2) is 53.5 Å². The fraction of sp³-hybridized carbons (Fsp3) is 0.0526. The van der Waals surface area contributed by atoms with E-state index in [4.69, 9.17) is 22.1 Å². The Morgan fingerprint density at radius 1 is 1.19 bits per heavy atom. The molecule has 0 aliphatic heterocycles. The molecule has 0 radical (unpaired) electrons. The average Bonchev–Trinajstić information content (AvgIpc) is 2.57. The highest BCUT2D eigenvalue weighted by molar-refractivity contribution is 6.34. The summed E-state index contributed by atoms with van der Waals surface area (Å²) in [5.41, 5.74) is 6.54. The van der Waals surface area contributed by atoms with Crippen molar-refractivity contribution in [1.82, 2.24) is 4.98 Å². The number of rotatable bonds is 4. The van der Waals surface area contributed by atoms with E-state index in [9.17, 15) is 14.0 Å². The number of hydrogen-bond donors (Lipinski definition) is 2. The Balaban J connectivity index is 2.25. The summed E-state index contributed by atoms with van der Waals surface area (Å²) in [5, 5.41) is 0.273. The van der Waals surface area contributed by atoms with E-state index < -0.39 is 11.7 Å². The number of H-pyrrole nitrogens is 1. The van der Waals surface area contributed by atoms with Gasteiger partial charge in [0, 0.05) is 17.8 Å². The number of halogens is 2. The molecular formula is C19H14ClFN2O3. The molecule has 1 heterocycles. The predicted molar refractivity (Wildman–Crippen MR) is 97.2 cm³/mol. The first-order chi connectivity index (χ1) is 12.4. The second-order valence-electron chi connectivity index (χ2n) is 5.62. The molecule has 0 fully saturated rings. The van der Waals surface area contributed by atoms with Crippen LogP contribution in [-0.2, 0) is 0 Å². The van der Waals surface area contributed by atoms with Crippen molar-refractivity contribution < 1.29 is 13.9 Å². The third-order valence-corrected chi connectivity index (χ3v) is 4.10. The van der Waals surface area contributed by atoms with Gasteiger partial charge >= 0.3 is 0 Å². The smallest absolute Gasteiger partial charge is 0.252 e. The van der Waals surface area contributed by atoms with Crippen molar-refractivity contribution in [1.29, 1.82) is 0 Å². The Morgan fingerprint density at radius 2 is 1.96 bits per heavy atom. The summed E-state index contributed by atoms with van der Waals surface area (Å²) in [6, 6.07) is 9.88. The molecule has 0 aliphatic carbocycles. The average molecular weight is 373 g/mol. The lowest BCUT2D eigenvalue weighted by Crippen LogP contribution is -2.13. The molecule has 0 atom stereocenters. The van der Waals surface area contributed by atoms with Gasteiger partial charge < -0.3 is 15.5 Å². The van der Waals surface area contributed by atoms with Gasteiger partial charge in [0.1, 0.15) is 17.3 Å². The molecular weight excluding hydrogens is 359 g/mol. The SMILES string of the molecule is Cc1cc(F)ccc1Oc1c(C(N)=O)ccc(Cl)c1-c1cc[nH]c(=O)c1. The molecule has 1 amide bonds. The minimum atomic E-state index is -0.720. The van der Waals surface area contributed by atoms with Crippen LogP contribution in [-0.4, -0.2) is 10.9 Å². The fourth-order valence-electron chi connectivity index (χ4n) is 2.57. The van der Waals surface area contributed by atoms with Crippen LogP contribution < -0.4 is 16.0 Å². The predicted octanol–water partition coefficient (Wildman–Crippen LogP) is 4.03. The maximum absolute atomic E-state index is 13.4. The van der Waals surface area contributed by atoms with Crippen LogP contribution in [0.2, 0.25) is 5.02 Å². The van der Waals surface area contributed by atoms with E-state index >= 15 is 0 Å². The van der Waals surface area contributed by atoms with E-state index in [1.54, 1.807) is 13.0 Å². The van der Waals surface area contributed by atoms with Gasteiger partial charge in [0.05, 0.1) is 10.6 Å². The van der Waals surface area contributed by atoms with Gasteiger partial charge in [0.15, 0.2) is 0 Å². The molecule has 26 heavy (non-hydrogen) atoms. The van der Waals surface area contributed by atoms with E-state index in [1.165, 1.54) is 42.6 Å². The number of primary amides is 1. The monoisotopic (exact) mass is 372 g/mol. The van der Waals surface area contributed by atoms with Crippen molar-refractivity contribution in [2.75, 3.05) is 0 Å². The van der Waals surface area contributed by atoms with Crippen LogP contribution in [0.3, 0.4) is 0 Å². The Kier molecular flexibility index (Phi) is 4.77. The van der Waals surface area contributed by atoms with Crippen molar-refractivity contribution in [2.45, 2.75) is 6.92 Å². The molecule has 7 heteroatoms.